The molecule has 2 N–H and O–H groups in total. The summed E-state index contributed by atoms with van der Waals surface area (Å²) in [4.78, 5) is 21.3. The van der Waals surface area contributed by atoms with Crippen molar-refractivity contribution in [2.45, 2.75) is 6.92 Å². The minimum absolute atomic E-state index is 0.0937. The maximum absolute atomic E-state index is 11.3. The van der Waals surface area contributed by atoms with Crippen molar-refractivity contribution < 1.29 is 4.79 Å². The minimum Gasteiger partial charge on any atom is -0.382 e. The van der Waals surface area contributed by atoms with Crippen molar-refractivity contribution in [2.24, 2.45) is 0 Å². The minimum atomic E-state index is 0.0937. The molecule has 20 heavy (non-hydrogen) atoms. The summed E-state index contributed by atoms with van der Waals surface area (Å²) < 4.78 is 0.905. The van der Waals surface area contributed by atoms with Gasteiger partial charge in [0.05, 0.1) is 15.1 Å². The van der Waals surface area contributed by atoms with Crippen molar-refractivity contribution in [1.82, 2.24) is 9.97 Å². The fourth-order valence-corrected chi connectivity index (χ4v) is 3.51. The zero-order valence-corrected chi connectivity index (χ0v) is 12.3. The predicted molar refractivity (Wildman–Crippen MR) is 85.1 cm³/mol. The number of rotatable bonds is 3. The molecule has 0 aliphatic rings. The van der Waals surface area contributed by atoms with Gasteiger partial charge in [0.25, 0.3) is 0 Å². The zero-order chi connectivity index (χ0) is 14.1. The van der Waals surface area contributed by atoms with Crippen LogP contribution >= 0.6 is 22.7 Å². The molecule has 0 bridgehead atoms. The number of nitrogens with two attached hydrogens (primary N) is 1. The molecule has 0 atom stereocenters. The van der Waals surface area contributed by atoms with Gasteiger partial charge in [0.15, 0.2) is 5.78 Å². The Bertz CT molecular complexity index is 817. The summed E-state index contributed by atoms with van der Waals surface area (Å²) in [6.07, 6.45) is 5.44. The molecule has 3 heterocycles. The standard InChI is InChI=1S/C14H11N3OS2/c1-8(18)11-5-4-10(20-11)3-2-9-6-19-13-12(9)16-7-17-14(13)15/h2-7H,1H3,(H2,15,16,17)/b3-2+. The maximum Gasteiger partial charge on any atom is 0.169 e. The SMILES string of the molecule is CC(=O)c1ccc(/C=C/c2csc3c(N)ncnc23)s1. The first-order valence-corrected chi connectivity index (χ1v) is 7.61. The monoisotopic (exact) mass is 301 g/mol. The van der Waals surface area contributed by atoms with E-state index in [9.17, 15) is 4.79 Å². The Hall–Kier alpha value is -2.05. The second kappa shape index (κ2) is 5.15. The number of thiophene rings is 2. The molecule has 0 unspecified atom stereocenters. The largest absolute Gasteiger partial charge is 0.382 e. The summed E-state index contributed by atoms with van der Waals surface area (Å²) in [6, 6.07) is 3.79. The lowest BCUT2D eigenvalue weighted by Gasteiger charge is -1.93. The van der Waals surface area contributed by atoms with Crippen LogP contribution in [0.25, 0.3) is 22.4 Å². The number of Topliss-reactive ketones (excluding diaryl/α,β-unsaturated/α-hetero) is 1. The summed E-state index contributed by atoms with van der Waals surface area (Å²) >= 11 is 3.01. The Balaban J connectivity index is 1.94. The molecule has 3 rings (SSSR count). The molecule has 0 aliphatic heterocycles. The predicted octanol–water partition coefficient (Wildman–Crippen LogP) is 3.71. The highest BCUT2D eigenvalue weighted by atomic mass is 32.1. The fraction of sp³-hybridized carbons (Fsp3) is 0.0714. The van der Waals surface area contributed by atoms with E-state index in [1.807, 2.05) is 29.7 Å². The van der Waals surface area contributed by atoms with Crippen molar-refractivity contribution >= 4 is 56.6 Å². The van der Waals surface area contributed by atoms with Crippen LogP contribution in [0.1, 0.15) is 27.0 Å². The van der Waals surface area contributed by atoms with Gasteiger partial charge >= 0.3 is 0 Å². The van der Waals surface area contributed by atoms with Crippen LogP contribution in [0.3, 0.4) is 0 Å². The molecule has 0 fully saturated rings. The lowest BCUT2D eigenvalue weighted by atomic mass is 10.2. The number of hydrogen-bond donors (Lipinski definition) is 1. The van der Waals surface area contributed by atoms with E-state index < -0.39 is 0 Å². The first-order valence-electron chi connectivity index (χ1n) is 5.91. The molecule has 100 valence electrons. The van der Waals surface area contributed by atoms with Gasteiger partial charge in [0.1, 0.15) is 12.1 Å². The number of ketones is 1. The van der Waals surface area contributed by atoms with Gasteiger partial charge in [0, 0.05) is 15.8 Å². The Morgan fingerprint density at radius 3 is 2.90 bits per heavy atom. The quantitative estimate of drug-likeness (QED) is 0.749. The normalized spacial score (nSPS) is 11.4. The van der Waals surface area contributed by atoms with Crippen LogP contribution in [0.5, 0.6) is 0 Å². The van der Waals surface area contributed by atoms with Crippen molar-refractivity contribution in [3.8, 4) is 0 Å². The average molecular weight is 301 g/mol. The van der Waals surface area contributed by atoms with Gasteiger partial charge < -0.3 is 5.73 Å². The van der Waals surface area contributed by atoms with Gasteiger partial charge in [-0.05, 0) is 25.1 Å². The Kier molecular flexibility index (Phi) is 3.33. The molecule has 0 saturated heterocycles. The third-order valence-electron chi connectivity index (χ3n) is 2.81. The van der Waals surface area contributed by atoms with Crippen LogP contribution in [0.4, 0.5) is 5.82 Å². The highest BCUT2D eigenvalue weighted by molar-refractivity contribution is 7.18. The third kappa shape index (κ3) is 2.35. The van der Waals surface area contributed by atoms with E-state index in [2.05, 4.69) is 9.97 Å². The van der Waals surface area contributed by atoms with Crippen LogP contribution in [-0.2, 0) is 0 Å². The maximum atomic E-state index is 11.3. The topological polar surface area (TPSA) is 68.9 Å². The fourth-order valence-electron chi connectivity index (χ4n) is 1.81. The van der Waals surface area contributed by atoms with E-state index >= 15 is 0 Å². The first-order chi connectivity index (χ1) is 9.65. The number of nitrogens with zero attached hydrogens (tertiary/aromatic N) is 2. The number of nitrogen functional groups attached to an aromatic ring is 1. The van der Waals surface area contributed by atoms with Crippen molar-refractivity contribution in [3.63, 3.8) is 0 Å². The van der Waals surface area contributed by atoms with Crippen LogP contribution in [0.2, 0.25) is 0 Å². The second-order valence-corrected chi connectivity index (χ2v) is 6.21. The van der Waals surface area contributed by atoms with Gasteiger partial charge in [-0.15, -0.1) is 22.7 Å². The van der Waals surface area contributed by atoms with E-state index in [1.54, 1.807) is 6.92 Å². The van der Waals surface area contributed by atoms with Gasteiger partial charge in [-0.1, -0.05) is 6.08 Å². The lowest BCUT2D eigenvalue weighted by Crippen LogP contribution is -1.90. The highest BCUT2D eigenvalue weighted by Crippen LogP contribution is 2.29. The van der Waals surface area contributed by atoms with Crippen molar-refractivity contribution in [1.29, 1.82) is 0 Å². The third-order valence-corrected chi connectivity index (χ3v) is 4.97. The molecule has 3 aromatic rings. The lowest BCUT2D eigenvalue weighted by molar-refractivity contribution is 0.102. The number of carbonyl (C=O) groups excluding carboxylic acids is 1. The molecule has 6 heteroatoms. The van der Waals surface area contributed by atoms with E-state index in [-0.39, 0.29) is 5.78 Å². The molecule has 4 nitrogen and oxygen atoms in total. The van der Waals surface area contributed by atoms with Crippen LogP contribution in [-0.4, -0.2) is 15.8 Å². The second-order valence-electron chi connectivity index (χ2n) is 4.22. The Labute approximate surface area is 123 Å². The summed E-state index contributed by atoms with van der Waals surface area (Å²) in [7, 11) is 0. The summed E-state index contributed by atoms with van der Waals surface area (Å²) in [5.74, 6) is 0.603. The van der Waals surface area contributed by atoms with Crippen LogP contribution in [0, 0.1) is 0 Å². The Morgan fingerprint density at radius 1 is 1.30 bits per heavy atom. The molecular weight excluding hydrogens is 290 g/mol. The van der Waals surface area contributed by atoms with Crippen LogP contribution < -0.4 is 5.73 Å². The molecule has 0 aliphatic carbocycles. The molecule has 0 saturated carbocycles. The smallest absolute Gasteiger partial charge is 0.169 e. The van der Waals surface area contributed by atoms with E-state index in [1.165, 1.54) is 29.0 Å². The molecule has 0 radical (unpaired) electrons. The van der Waals surface area contributed by atoms with Gasteiger partial charge in [0.2, 0.25) is 0 Å². The van der Waals surface area contributed by atoms with Crippen molar-refractivity contribution in [2.75, 3.05) is 5.73 Å². The number of aromatic nitrogens is 2. The summed E-state index contributed by atoms with van der Waals surface area (Å²) in [5.41, 5.74) is 7.69. The number of anilines is 1. The number of carbonyl (C=O) groups is 1. The molecule has 0 amide bonds. The number of fused-ring (bicyclic) bond motifs is 1. The molecule has 3 aromatic heterocycles. The van der Waals surface area contributed by atoms with Crippen molar-refractivity contribution in [3.05, 3.63) is 39.2 Å². The molecular formula is C14H11N3OS2. The van der Waals surface area contributed by atoms with E-state index in [0.29, 0.717) is 5.82 Å². The molecule has 0 spiro atoms. The first kappa shape index (κ1) is 13.0. The van der Waals surface area contributed by atoms with Gasteiger partial charge in [-0.3, -0.25) is 4.79 Å². The Morgan fingerprint density at radius 2 is 2.15 bits per heavy atom. The van der Waals surface area contributed by atoms with Gasteiger partial charge in [-0.25, -0.2) is 9.97 Å². The average Bonchev–Trinajstić information content (AvgIpc) is 3.03. The van der Waals surface area contributed by atoms with Gasteiger partial charge in [-0.2, -0.15) is 0 Å². The van der Waals surface area contributed by atoms with Crippen LogP contribution in [0.15, 0.2) is 23.8 Å². The van der Waals surface area contributed by atoms with E-state index in [0.717, 1.165) is 25.5 Å². The summed E-state index contributed by atoms with van der Waals surface area (Å²) in [6.45, 7) is 1.57. The summed E-state index contributed by atoms with van der Waals surface area (Å²) in [5, 5.41) is 2.01. The number of hydrogen-bond acceptors (Lipinski definition) is 6. The highest BCUT2D eigenvalue weighted by Gasteiger charge is 2.07. The molecule has 0 aromatic carbocycles. The van der Waals surface area contributed by atoms with E-state index in [4.69, 9.17) is 5.73 Å². The zero-order valence-electron chi connectivity index (χ0n) is 10.7.